The van der Waals surface area contributed by atoms with Gasteiger partial charge in [0.15, 0.2) is 17.5 Å². The molecule has 10 heteroatoms. The summed E-state index contributed by atoms with van der Waals surface area (Å²) in [5.74, 6) is -2.73. The third-order valence-electron chi connectivity index (χ3n) is 6.54. The van der Waals surface area contributed by atoms with E-state index in [-0.39, 0.29) is 40.3 Å². The van der Waals surface area contributed by atoms with Crippen LogP contribution in [0.3, 0.4) is 0 Å². The summed E-state index contributed by atoms with van der Waals surface area (Å²) >= 11 is 0. The van der Waals surface area contributed by atoms with E-state index in [1.165, 1.54) is 39.9 Å². The van der Waals surface area contributed by atoms with Crippen LogP contribution in [0.5, 0.6) is 0 Å². The molecule has 2 aliphatic rings. The molecule has 3 aromatic rings. The molecule has 1 aliphatic carbocycles. The van der Waals surface area contributed by atoms with Crippen LogP contribution in [0.2, 0.25) is 0 Å². The molecular formula is C23H20F3N5O2. The Morgan fingerprint density at radius 3 is 2.55 bits per heavy atom. The first-order valence-electron chi connectivity index (χ1n) is 10.4. The molecule has 3 heterocycles. The number of hydrogen-bond donors (Lipinski definition) is 0. The van der Waals surface area contributed by atoms with Crippen LogP contribution in [0.4, 0.5) is 19.1 Å². The Morgan fingerprint density at radius 2 is 1.85 bits per heavy atom. The Morgan fingerprint density at radius 1 is 1.12 bits per heavy atom. The number of nitrogens with zero attached hydrogens (tertiary/aromatic N) is 5. The SMILES string of the molecule is CN(c1nc(-c2ccncc2F)cc(=O)n1C)[C@H]1[C@@H]2CN(C(=O)c3cccc(F)c3F)C[C@@H]21. The van der Waals surface area contributed by atoms with E-state index in [1.54, 1.807) is 14.1 Å². The van der Waals surface area contributed by atoms with Gasteiger partial charge in [-0.05, 0) is 18.2 Å². The fraction of sp³-hybridized carbons (Fsp3) is 0.304. The summed E-state index contributed by atoms with van der Waals surface area (Å²) in [4.78, 5) is 36.8. The van der Waals surface area contributed by atoms with Crippen LogP contribution in [0.15, 0.2) is 47.5 Å². The highest BCUT2D eigenvalue weighted by molar-refractivity contribution is 5.95. The van der Waals surface area contributed by atoms with E-state index in [2.05, 4.69) is 9.97 Å². The zero-order chi connectivity index (χ0) is 23.4. The molecule has 0 spiro atoms. The first-order chi connectivity index (χ1) is 15.8. The lowest BCUT2D eigenvalue weighted by Crippen LogP contribution is -2.38. The Hall–Kier alpha value is -3.69. The summed E-state index contributed by atoms with van der Waals surface area (Å²) in [6, 6.07) is 6.31. The minimum atomic E-state index is -1.14. The van der Waals surface area contributed by atoms with E-state index >= 15 is 0 Å². The lowest BCUT2D eigenvalue weighted by atomic mass is 10.1. The summed E-state index contributed by atoms with van der Waals surface area (Å²) in [7, 11) is 3.39. The van der Waals surface area contributed by atoms with Crippen LogP contribution in [-0.4, -0.2) is 51.5 Å². The quantitative estimate of drug-likeness (QED) is 0.605. The number of carbonyl (C=O) groups excluding carboxylic acids is 1. The largest absolute Gasteiger partial charge is 0.342 e. The molecule has 1 aliphatic heterocycles. The zero-order valence-electron chi connectivity index (χ0n) is 17.9. The number of fused-ring (bicyclic) bond motifs is 1. The van der Waals surface area contributed by atoms with Gasteiger partial charge in [0.1, 0.15) is 0 Å². The summed E-state index contributed by atoms with van der Waals surface area (Å²) in [6.45, 7) is 0.780. The van der Waals surface area contributed by atoms with Gasteiger partial charge in [0, 0.05) is 62.9 Å². The molecule has 0 radical (unpaired) electrons. The Bertz CT molecular complexity index is 1320. The second kappa shape index (κ2) is 7.72. The van der Waals surface area contributed by atoms with E-state index in [4.69, 9.17) is 0 Å². The van der Waals surface area contributed by atoms with Gasteiger partial charge in [-0.25, -0.2) is 18.2 Å². The molecule has 2 aromatic heterocycles. The van der Waals surface area contributed by atoms with Crippen LogP contribution < -0.4 is 10.5 Å². The number of halogens is 3. The maximum absolute atomic E-state index is 14.2. The van der Waals surface area contributed by atoms with Gasteiger partial charge in [-0.3, -0.25) is 19.1 Å². The number of piperidine rings is 1. The normalized spacial score (nSPS) is 21.1. The van der Waals surface area contributed by atoms with Crippen molar-refractivity contribution in [2.24, 2.45) is 18.9 Å². The number of aromatic nitrogens is 3. The number of pyridine rings is 1. The predicted octanol–water partition coefficient (Wildman–Crippen LogP) is 2.47. The summed E-state index contributed by atoms with van der Waals surface area (Å²) in [6.07, 6.45) is 2.50. The third kappa shape index (κ3) is 3.46. The third-order valence-corrected chi connectivity index (χ3v) is 6.54. The van der Waals surface area contributed by atoms with Gasteiger partial charge in [0.05, 0.1) is 17.5 Å². The Balaban J connectivity index is 1.35. The second-order valence-electron chi connectivity index (χ2n) is 8.43. The van der Waals surface area contributed by atoms with Crippen molar-refractivity contribution in [3.63, 3.8) is 0 Å². The summed E-state index contributed by atoms with van der Waals surface area (Å²) in [5, 5.41) is 0. The topological polar surface area (TPSA) is 71.3 Å². The highest BCUT2D eigenvalue weighted by Gasteiger charge is 2.59. The van der Waals surface area contributed by atoms with E-state index in [1.807, 2.05) is 4.90 Å². The van der Waals surface area contributed by atoms with E-state index in [0.29, 0.717) is 19.0 Å². The molecule has 1 aromatic carbocycles. The highest BCUT2D eigenvalue weighted by Crippen LogP contribution is 2.49. The number of hydrogen-bond acceptors (Lipinski definition) is 5. The average Bonchev–Trinajstić information content (AvgIpc) is 3.29. The minimum absolute atomic E-state index is 0.0158. The van der Waals surface area contributed by atoms with Crippen molar-refractivity contribution >= 4 is 11.9 Å². The maximum Gasteiger partial charge on any atom is 0.256 e. The second-order valence-corrected chi connectivity index (χ2v) is 8.43. The molecular weight excluding hydrogens is 435 g/mol. The van der Waals surface area contributed by atoms with Gasteiger partial charge in [0.25, 0.3) is 11.5 Å². The van der Waals surface area contributed by atoms with Crippen molar-refractivity contribution < 1.29 is 18.0 Å². The van der Waals surface area contributed by atoms with Crippen LogP contribution in [0.25, 0.3) is 11.3 Å². The van der Waals surface area contributed by atoms with Crippen LogP contribution in [-0.2, 0) is 7.05 Å². The van der Waals surface area contributed by atoms with Gasteiger partial charge in [0.2, 0.25) is 5.95 Å². The molecule has 3 atom stereocenters. The number of anilines is 1. The van der Waals surface area contributed by atoms with Crippen LogP contribution in [0.1, 0.15) is 10.4 Å². The molecule has 33 heavy (non-hydrogen) atoms. The fourth-order valence-electron chi connectivity index (χ4n) is 4.77. The van der Waals surface area contributed by atoms with Gasteiger partial charge >= 0.3 is 0 Å². The van der Waals surface area contributed by atoms with Gasteiger partial charge in [-0.1, -0.05) is 6.07 Å². The Labute approximate surface area is 187 Å². The van der Waals surface area contributed by atoms with Crippen molar-refractivity contribution in [1.29, 1.82) is 0 Å². The Kier molecular flexibility index (Phi) is 4.95. The predicted molar refractivity (Wildman–Crippen MR) is 114 cm³/mol. The van der Waals surface area contributed by atoms with Crippen molar-refractivity contribution in [2.75, 3.05) is 25.0 Å². The molecule has 1 saturated carbocycles. The van der Waals surface area contributed by atoms with Gasteiger partial charge < -0.3 is 9.80 Å². The summed E-state index contributed by atoms with van der Waals surface area (Å²) < 4.78 is 43.1. The number of benzene rings is 1. The lowest BCUT2D eigenvalue weighted by Gasteiger charge is -2.26. The van der Waals surface area contributed by atoms with Crippen molar-refractivity contribution in [3.8, 4) is 11.3 Å². The molecule has 0 N–H and O–H groups in total. The van der Waals surface area contributed by atoms with Crippen molar-refractivity contribution in [1.82, 2.24) is 19.4 Å². The molecule has 1 amide bonds. The molecule has 1 saturated heterocycles. The first-order valence-corrected chi connectivity index (χ1v) is 10.4. The zero-order valence-corrected chi connectivity index (χ0v) is 17.9. The maximum atomic E-state index is 14.2. The fourth-order valence-corrected chi connectivity index (χ4v) is 4.77. The highest BCUT2D eigenvalue weighted by atomic mass is 19.2. The van der Waals surface area contributed by atoms with Gasteiger partial charge in [-0.2, -0.15) is 0 Å². The average molecular weight is 455 g/mol. The van der Waals surface area contributed by atoms with Crippen molar-refractivity contribution in [3.05, 3.63) is 76.1 Å². The molecule has 0 bridgehead atoms. The number of carbonyl (C=O) groups is 1. The van der Waals surface area contributed by atoms with Crippen LogP contribution in [0, 0.1) is 29.3 Å². The van der Waals surface area contributed by atoms with E-state index in [9.17, 15) is 22.8 Å². The van der Waals surface area contributed by atoms with Gasteiger partial charge in [-0.15, -0.1) is 0 Å². The molecule has 170 valence electrons. The summed E-state index contributed by atoms with van der Waals surface area (Å²) in [5.41, 5.74) is -0.217. The molecule has 7 nitrogen and oxygen atoms in total. The minimum Gasteiger partial charge on any atom is -0.342 e. The van der Waals surface area contributed by atoms with E-state index < -0.39 is 23.4 Å². The monoisotopic (exact) mass is 455 g/mol. The molecule has 0 unspecified atom stereocenters. The number of rotatable bonds is 4. The molecule has 2 fully saturated rings. The standard InChI is InChI=1S/C23H20F3N5O2/c1-29-19(32)8-18(12-6-7-27-9-17(12)25)28-23(29)30(2)21-14-10-31(11-15(14)21)22(33)13-4-3-5-16(24)20(13)26/h3-9,14-15,21H,10-11H2,1-2H3/t14-,15+,21+. The first kappa shape index (κ1) is 21.2. The number of amides is 1. The molecule has 5 rings (SSSR count). The van der Waals surface area contributed by atoms with Crippen LogP contribution >= 0.6 is 0 Å². The lowest BCUT2D eigenvalue weighted by molar-refractivity contribution is 0.0767. The van der Waals surface area contributed by atoms with Crippen molar-refractivity contribution in [2.45, 2.75) is 6.04 Å². The number of likely N-dealkylation sites (tertiary alicyclic amines) is 1. The smallest absolute Gasteiger partial charge is 0.256 e. The van der Waals surface area contributed by atoms with E-state index in [0.717, 1.165) is 12.3 Å².